The van der Waals surface area contributed by atoms with E-state index in [0.717, 1.165) is 50.4 Å². The van der Waals surface area contributed by atoms with Gasteiger partial charge in [0.05, 0.1) is 0 Å². The van der Waals surface area contributed by atoms with Gasteiger partial charge in [0.2, 0.25) is 5.91 Å². The van der Waals surface area contributed by atoms with Crippen molar-refractivity contribution in [1.29, 1.82) is 0 Å². The fourth-order valence-corrected chi connectivity index (χ4v) is 3.48. The monoisotopic (exact) mass is 377 g/mol. The van der Waals surface area contributed by atoms with Crippen molar-refractivity contribution in [1.82, 2.24) is 15.1 Å². The highest BCUT2D eigenvalue weighted by Gasteiger charge is 2.15. The van der Waals surface area contributed by atoms with Crippen LogP contribution < -0.4 is 5.32 Å². The molecule has 0 radical (unpaired) electrons. The van der Waals surface area contributed by atoms with E-state index in [9.17, 15) is 4.79 Å². The molecule has 2 aromatic carbocycles. The molecule has 1 aliphatic heterocycles. The molecule has 1 amide bonds. The highest BCUT2D eigenvalue weighted by atomic mass is 16.1. The molecule has 0 unspecified atom stereocenters. The SMILES string of the molecule is CCN1CCN(Cc2ccc(CNC(=O)C=Cc3cccc(C)c3)cc2)CC1. The predicted octanol–water partition coefficient (Wildman–Crippen LogP) is 3.46. The molecule has 3 rings (SSSR count). The lowest BCUT2D eigenvalue weighted by molar-refractivity contribution is -0.116. The highest BCUT2D eigenvalue weighted by Crippen LogP contribution is 2.10. The van der Waals surface area contributed by atoms with Gasteiger partial charge >= 0.3 is 0 Å². The van der Waals surface area contributed by atoms with E-state index in [1.165, 1.54) is 11.1 Å². The molecule has 0 saturated carbocycles. The lowest BCUT2D eigenvalue weighted by Crippen LogP contribution is -2.45. The van der Waals surface area contributed by atoms with Gasteiger partial charge in [0.15, 0.2) is 0 Å². The smallest absolute Gasteiger partial charge is 0.244 e. The largest absolute Gasteiger partial charge is 0.348 e. The average molecular weight is 378 g/mol. The Morgan fingerprint density at radius 2 is 1.68 bits per heavy atom. The molecule has 0 aliphatic carbocycles. The van der Waals surface area contributed by atoms with Gasteiger partial charge in [-0.1, -0.05) is 61.0 Å². The molecule has 1 aliphatic rings. The first-order chi connectivity index (χ1) is 13.6. The summed E-state index contributed by atoms with van der Waals surface area (Å²) in [6.45, 7) is 11.6. The van der Waals surface area contributed by atoms with E-state index >= 15 is 0 Å². The first-order valence-corrected chi connectivity index (χ1v) is 10.2. The van der Waals surface area contributed by atoms with Gasteiger partial charge in [-0.2, -0.15) is 0 Å². The van der Waals surface area contributed by atoms with Gasteiger partial charge in [0.1, 0.15) is 0 Å². The zero-order valence-corrected chi connectivity index (χ0v) is 17.0. The molecule has 1 heterocycles. The number of likely N-dealkylation sites (N-methyl/N-ethyl adjacent to an activating group) is 1. The van der Waals surface area contributed by atoms with Gasteiger partial charge in [-0.3, -0.25) is 9.69 Å². The standard InChI is InChI=1S/C24H31N3O/c1-3-26-13-15-27(16-14-26)19-23-9-7-22(8-10-23)18-25-24(28)12-11-21-6-4-5-20(2)17-21/h4-12,17H,3,13-16,18-19H2,1-2H3,(H,25,28). The second-order valence-electron chi connectivity index (χ2n) is 7.49. The second-order valence-corrected chi connectivity index (χ2v) is 7.49. The quantitative estimate of drug-likeness (QED) is 0.751. The van der Waals surface area contributed by atoms with Crippen molar-refractivity contribution in [3.63, 3.8) is 0 Å². The van der Waals surface area contributed by atoms with Crippen LogP contribution in [0.3, 0.4) is 0 Å². The Kier molecular flexibility index (Phi) is 7.40. The minimum Gasteiger partial charge on any atom is -0.348 e. The van der Waals surface area contributed by atoms with E-state index in [1.54, 1.807) is 6.08 Å². The zero-order valence-electron chi connectivity index (χ0n) is 17.0. The molecule has 1 fully saturated rings. The summed E-state index contributed by atoms with van der Waals surface area (Å²) in [6, 6.07) is 16.7. The van der Waals surface area contributed by atoms with Crippen LogP contribution >= 0.6 is 0 Å². The number of benzene rings is 2. The van der Waals surface area contributed by atoms with E-state index in [-0.39, 0.29) is 5.91 Å². The number of amides is 1. The number of carbonyl (C=O) groups is 1. The first-order valence-electron chi connectivity index (χ1n) is 10.2. The summed E-state index contributed by atoms with van der Waals surface area (Å²) < 4.78 is 0. The number of nitrogens with zero attached hydrogens (tertiary/aromatic N) is 2. The first kappa shape index (κ1) is 20.3. The molecule has 1 N–H and O–H groups in total. The van der Waals surface area contributed by atoms with Crippen LogP contribution in [0.5, 0.6) is 0 Å². The normalized spacial score (nSPS) is 15.8. The summed E-state index contributed by atoms with van der Waals surface area (Å²) in [5, 5.41) is 2.95. The van der Waals surface area contributed by atoms with E-state index in [0.29, 0.717) is 6.54 Å². The Labute approximate surface area is 168 Å². The van der Waals surface area contributed by atoms with Crippen molar-refractivity contribution in [2.24, 2.45) is 0 Å². The van der Waals surface area contributed by atoms with E-state index in [2.05, 4.69) is 52.4 Å². The van der Waals surface area contributed by atoms with Crippen LogP contribution in [0.25, 0.3) is 6.08 Å². The molecule has 0 bridgehead atoms. The lowest BCUT2D eigenvalue weighted by Gasteiger charge is -2.34. The van der Waals surface area contributed by atoms with Gasteiger partial charge in [-0.25, -0.2) is 0 Å². The van der Waals surface area contributed by atoms with Crippen molar-refractivity contribution >= 4 is 12.0 Å². The van der Waals surface area contributed by atoms with Crippen molar-refractivity contribution in [2.45, 2.75) is 26.9 Å². The maximum absolute atomic E-state index is 12.0. The molecule has 0 aromatic heterocycles. The van der Waals surface area contributed by atoms with Crippen LogP contribution in [0.4, 0.5) is 0 Å². The molecule has 0 atom stereocenters. The molecule has 4 heteroatoms. The Morgan fingerprint density at radius 1 is 1.00 bits per heavy atom. The number of nitrogens with one attached hydrogen (secondary N) is 1. The minimum absolute atomic E-state index is 0.0700. The number of hydrogen-bond acceptors (Lipinski definition) is 3. The summed E-state index contributed by atoms with van der Waals surface area (Å²) in [4.78, 5) is 17.1. The third-order valence-corrected chi connectivity index (χ3v) is 5.28. The van der Waals surface area contributed by atoms with Crippen LogP contribution in [0.2, 0.25) is 0 Å². The zero-order chi connectivity index (χ0) is 19.8. The van der Waals surface area contributed by atoms with Gasteiger partial charge in [-0.05, 0) is 36.2 Å². The maximum atomic E-state index is 12.0. The van der Waals surface area contributed by atoms with Crippen molar-refractivity contribution in [2.75, 3.05) is 32.7 Å². The lowest BCUT2D eigenvalue weighted by atomic mass is 10.1. The van der Waals surface area contributed by atoms with Gasteiger partial charge < -0.3 is 10.2 Å². The average Bonchev–Trinajstić information content (AvgIpc) is 2.72. The Balaban J connectivity index is 1.43. The van der Waals surface area contributed by atoms with E-state index < -0.39 is 0 Å². The topological polar surface area (TPSA) is 35.6 Å². The third-order valence-electron chi connectivity index (χ3n) is 5.28. The van der Waals surface area contributed by atoms with Crippen LogP contribution in [0.1, 0.15) is 29.2 Å². The second kappa shape index (κ2) is 10.2. The molecule has 28 heavy (non-hydrogen) atoms. The van der Waals surface area contributed by atoms with Crippen molar-refractivity contribution in [3.8, 4) is 0 Å². The number of hydrogen-bond donors (Lipinski definition) is 1. The molecule has 4 nitrogen and oxygen atoms in total. The summed E-state index contributed by atoms with van der Waals surface area (Å²) in [5.41, 5.74) is 4.69. The minimum atomic E-state index is -0.0700. The van der Waals surface area contributed by atoms with Crippen LogP contribution in [0, 0.1) is 6.92 Å². The fourth-order valence-electron chi connectivity index (χ4n) is 3.48. The molecule has 148 valence electrons. The van der Waals surface area contributed by atoms with Gasteiger partial charge in [0.25, 0.3) is 0 Å². The van der Waals surface area contributed by atoms with E-state index in [1.807, 2.05) is 31.2 Å². The summed E-state index contributed by atoms with van der Waals surface area (Å²) >= 11 is 0. The van der Waals surface area contributed by atoms with Crippen LogP contribution in [-0.4, -0.2) is 48.4 Å². The Hall–Kier alpha value is -2.43. The van der Waals surface area contributed by atoms with Gasteiger partial charge in [0, 0.05) is 45.3 Å². The summed E-state index contributed by atoms with van der Waals surface area (Å²) in [6.07, 6.45) is 3.45. The molecule has 1 saturated heterocycles. The summed E-state index contributed by atoms with van der Waals surface area (Å²) in [5.74, 6) is -0.0700. The number of aryl methyl sites for hydroxylation is 1. The summed E-state index contributed by atoms with van der Waals surface area (Å²) in [7, 11) is 0. The molecule has 0 spiro atoms. The predicted molar refractivity (Wildman–Crippen MR) is 116 cm³/mol. The Morgan fingerprint density at radius 3 is 2.36 bits per heavy atom. The maximum Gasteiger partial charge on any atom is 0.244 e. The van der Waals surface area contributed by atoms with Crippen molar-refractivity contribution in [3.05, 3.63) is 76.9 Å². The molecule has 2 aromatic rings. The van der Waals surface area contributed by atoms with Gasteiger partial charge in [-0.15, -0.1) is 0 Å². The van der Waals surface area contributed by atoms with Crippen LogP contribution in [-0.2, 0) is 17.9 Å². The molecular weight excluding hydrogens is 346 g/mol. The van der Waals surface area contributed by atoms with E-state index in [4.69, 9.17) is 0 Å². The highest BCUT2D eigenvalue weighted by molar-refractivity contribution is 5.91. The van der Waals surface area contributed by atoms with Crippen molar-refractivity contribution < 1.29 is 4.79 Å². The number of piperazine rings is 1. The number of rotatable bonds is 7. The number of carbonyl (C=O) groups excluding carboxylic acids is 1. The fraction of sp³-hybridized carbons (Fsp3) is 0.375. The van der Waals surface area contributed by atoms with Crippen LogP contribution in [0.15, 0.2) is 54.6 Å². The Bertz CT molecular complexity index is 790. The molecular formula is C24H31N3O. The third kappa shape index (κ3) is 6.32.